The van der Waals surface area contributed by atoms with Gasteiger partial charge in [-0.05, 0) is 38.1 Å². The molecule has 0 aliphatic heterocycles. The first-order valence-corrected chi connectivity index (χ1v) is 6.87. The molecule has 0 amide bonds. The van der Waals surface area contributed by atoms with E-state index in [1.807, 2.05) is 12.4 Å². The van der Waals surface area contributed by atoms with Crippen LogP contribution in [-0.2, 0) is 7.05 Å². The minimum atomic E-state index is 0.356. The zero-order valence-electron chi connectivity index (χ0n) is 11.3. The molecule has 3 nitrogen and oxygen atoms in total. The van der Waals surface area contributed by atoms with Crippen molar-refractivity contribution in [2.75, 3.05) is 6.54 Å². The minimum absolute atomic E-state index is 0.356. The van der Waals surface area contributed by atoms with Gasteiger partial charge in [-0.1, -0.05) is 19.8 Å². The third-order valence-electron chi connectivity index (χ3n) is 4.09. The normalized spacial score (nSPS) is 27.0. The fourth-order valence-corrected chi connectivity index (χ4v) is 2.76. The fourth-order valence-electron chi connectivity index (χ4n) is 2.76. The van der Waals surface area contributed by atoms with Gasteiger partial charge < -0.3 is 9.88 Å². The van der Waals surface area contributed by atoms with Crippen molar-refractivity contribution in [3.8, 4) is 0 Å². The Hall–Kier alpha value is -0.830. The van der Waals surface area contributed by atoms with Crippen LogP contribution in [0.2, 0.25) is 0 Å². The standard InChI is InChI=1S/C14H25N3/c1-11-4-6-13(7-5-11)10-16-12(2)14-15-8-9-17(14)3/h8-9,11-13,16H,4-7,10H2,1-3H3. The lowest BCUT2D eigenvalue weighted by atomic mass is 9.83. The fraction of sp³-hybridized carbons (Fsp3) is 0.786. The third-order valence-corrected chi connectivity index (χ3v) is 4.09. The van der Waals surface area contributed by atoms with Crippen LogP contribution in [-0.4, -0.2) is 16.1 Å². The van der Waals surface area contributed by atoms with Gasteiger partial charge in [-0.25, -0.2) is 4.98 Å². The second-order valence-electron chi connectivity index (χ2n) is 5.65. The van der Waals surface area contributed by atoms with Gasteiger partial charge in [0.25, 0.3) is 0 Å². The van der Waals surface area contributed by atoms with Crippen molar-refractivity contribution in [1.29, 1.82) is 0 Å². The Morgan fingerprint density at radius 2 is 2.12 bits per heavy atom. The van der Waals surface area contributed by atoms with Crippen molar-refractivity contribution in [2.45, 2.75) is 45.6 Å². The summed E-state index contributed by atoms with van der Waals surface area (Å²) >= 11 is 0. The molecule has 0 radical (unpaired) electrons. The molecule has 1 aliphatic carbocycles. The molecule has 1 saturated carbocycles. The first-order valence-electron chi connectivity index (χ1n) is 6.87. The van der Waals surface area contributed by atoms with Crippen molar-refractivity contribution < 1.29 is 0 Å². The number of rotatable bonds is 4. The Morgan fingerprint density at radius 1 is 1.41 bits per heavy atom. The van der Waals surface area contributed by atoms with E-state index in [-0.39, 0.29) is 0 Å². The zero-order chi connectivity index (χ0) is 12.3. The molecule has 3 heteroatoms. The molecule has 1 unspecified atom stereocenters. The summed E-state index contributed by atoms with van der Waals surface area (Å²) in [4.78, 5) is 4.39. The summed E-state index contributed by atoms with van der Waals surface area (Å²) in [7, 11) is 2.06. The number of hydrogen-bond acceptors (Lipinski definition) is 2. The molecule has 2 rings (SSSR count). The molecule has 1 aromatic heterocycles. The Kier molecular flexibility index (Phi) is 4.21. The molecule has 1 N–H and O–H groups in total. The van der Waals surface area contributed by atoms with Gasteiger partial charge in [0.05, 0.1) is 6.04 Å². The maximum absolute atomic E-state index is 4.39. The number of nitrogens with zero attached hydrogens (tertiary/aromatic N) is 2. The van der Waals surface area contributed by atoms with Gasteiger partial charge in [-0.15, -0.1) is 0 Å². The molecule has 0 saturated heterocycles. The third kappa shape index (κ3) is 3.32. The van der Waals surface area contributed by atoms with E-state index in [9.17, 15) is 0 Å². The van der Waals surface area contributed by atoms with Crippen LogP contribution in [0.4, 0.5) is 0 Å². The van der Waals surface area contributed by atoms with Crippen LogP contribution in [0.3, 0.4) is 0 Å². The maximum Gasteiger partial charge on any atom is 0.125 e. The number of imidazole rings is 1. The number of nitrogens with one attached hydrogen (secondary N) is 1. The Morgan fingerprint density at radius 3 is 2.71 bits per heavy atom. The highest BCUT2D eigenvalue weighted by Crippen LogP contribution is 2.28. The number of aryl methyl sites for hydroxylation is 1. The monoisotopic (exact) mass is 235 g/mol. The van der Waals surface area contributed by atoms with Crippen LogP contribution in [0.25, 0.3) is 0 Å². The highest BCUT2D eigenvalue weighted by molar-refractivity contribution is 4.97. The van der Waals surface area contributed by atoms with E-state index in [2.05, 4.69) is 35.8 Å². The van der Waals surface area contributed by atoms with E-state index in [1.165, 1.54) is 25.7 Å². The van der Waals surface area contributed by atoms with Crippen molar-refractivity contribution >= 4 is 0 Å². The summed E-state index contributed by atoms with van der Waals surface area (Å²) in [6.07, 6.45) is 9.47. The first-order chi connectivity index (χ1) is 8.16. The maximum atomic E-state index is 4.39. The van der Waals surface area contributed by atoms with E-state index in [4.69, 9.17) is 0 Å². The summed E-state index contributed by atoms with van der Waals surface area (Å²) in [5, 5.41) is 3.63. The van der Waals surface area contributed by atoms with Crippen LogP contribution in [0.1, 0.15) is 51.4 Å². The minimum Gasteiger partial charge on any atom is -0.337 e. The lowest BCUT2D eigenvalue weighted by Crippen LogP contribution is -2.29. The second kappa shape index (κ2) is 5.67. The number of hydrogen-bond donors (Lipinski definition) is 1. The lowest BCUT2D eigenvalue weighted by molar-refractivity contribution is 0.274. The highest BCUT2D eigenvalue weighted by Gasteiger charge is 2.19. The summed E-state index contributed by atoms with van der Waals surface area (Å²) < 4.78 is 2.10. The van der Waals surface area contributed by atoms with Gasteiger partial charge in [-0.2, -0.15) is 0 Å². The largest absolute Gasteiger partial charge is 0.337 e. The Labute approximate surface area is 105 Å². The summed E-state index contributed by atoms with van der Waals surface area (Å²) in [5.74, 6) is 2.95. The van der Waals surface area contributed by atoms with Crippen LogP contribution >= 0.6 is 0 Å². The smallest absolute Gasteiger partial charge is 0.125 e. The molecule has 1 fully saturated rings. The van der Waals surface area contributed by atoms with Crippen LogP contribution in [0, 0.1) is 11.8 Å². The molecule has 1 aromatic rings. The SMILES string of the molecule is CC1CCC(CNC(C)c2nccn2C)CC1. The highest BCUT2D eigenvalue weighted by atomic mass is 15.1. The molecule has 1 atom stereocenters. The molecule has 0 aromatic carbocycles. The van der Waals surface area contributed by atoms with E-state index in [1.54, 1.807) is 0 Å². The lowest BCUT2D eigenvalue weighted by Gasteiger charge is -2.27. The predicted molar refractivity (Wildman–Crippen MR) is 70.7 cm³/mol. The van der Waals surface area contributed by atoms with Crippen molar-refractivity contribution in [1.82, 2.24) is 14.9 Å². The topological polar surface area (TPSA) is 29.9 Å². The molecule has 1 heterocycles. The molecule has 0 spiro atoms. The van der Waals surface area contributed by atoms with Gasteiger partial charge in [-0.3, -0.25) is 0 Å². The van der Waals surface area contributed by atoms with Crippen molar-refractivity contribution in [2.24, 2.45) is 18.9 Å². The van der Waals surface area contributed by atoms with Gasteiger partial charge >= 0.3 is 0 Å². The van der Waals surface area contributed by atoms with Gasteiger partial charge in [0, 0.05) is 19.4 Å². The molecular weight excluding hydrogens is 210 g/mol. The number of aromatic nitrogens is 2. The van der Waals surface area contributed by atoms with Crippen LogP contribution in [0.5, 0.6) is 0 Å². The molecule has 0 bridgehead atoms. The van der Waals surface area contributed by atoms with E-state index in [0.717, 1.165) is 24.2 Å². The molecule has 17 heavy (non-hydrogen) atoms. The van der Waals surface area contributed by atoms with Gasteiger partial charge in [0.1, 0.15) is 5.82 Å². The van der Waals surface area contributed by atoms with Crippen LogP contribution < -0.4 is 5.32 Å². The summed E-state index contributed by atoms with van der Waals surface area (Å²) in [5.41, 5.74) is 0. The molecule has 96 valence electrons. The van der Waals surface area contributed by atoms with E-state index < -0.39 is 0 Å². The predicted octanol–water partition coefficient (Wildman–Crippen LogP) is 2.90. The van der Waals surface area contributed by atoms with E-state index >= 15 is 0 Å². The van der Waals surface area contributed by atoms with E-state index in [0.29, 0.717) is 6.04 Å². The van der Waals surface area contributed by atoms with Crippen LogP contribution in [0.15, 0.2) is 12.4 Å². The Balaban J connectivity index is 1.77. The Bertz CT molecular complexity index is 337. The second-order valence-corrected chi connectivity index (χ2v) is 5.65. The summed E-state index contributed by atoms with van der Waals surface area (Å²) in [6.45, 7) is 5.72. The first kappa shape index (κ1) is 12.6. The average Bonchev–Trinajstić information content (AvgIpc) is 2.74. The van der Waals surface area contributed by atoms with Crippen molar-refractivity contribution in [3.63, 3.8) is 0 Å². The average molecular weight is 235 g/mol. The van der Waals surface area contributed by atoms with Gasteiger partial charge in [0.2, 0.25) is 0 Å². The zero-order valence-corrected chi connectivity index (χ0v) is 11.3. The summed E-state index contributed by atoms with van der Waals surface area (Å²) in [6, 6.07) is 0.356. The van der Waals surface area contributed by atoms with Gasteiger partial charge in [0.15, 0.2) is 0 Å². The van der Waals surface area contributed by atoms with Crippen molar-refractivity contribution in [3.05, 3.63) is 18.2 Å². The molecule has 1 aliphatic rings. The quantitative estimate of drug-likeness (QED) is 0.869. The molecular formula is C14H25N3.